The largest absolute Gasteiger partial charge is 0.468 e. The molecule has 0 bridgehead atoms. The van der Waals surface area contributed by atoms with Gasteiger partial charge in [-0.1, -0.05) is 6.42 Å². The number of furan rings is 1. The first-order chi connectivity index (χ1) is 9.26. The van der Waals surface area contributed by atoms with E-state index in [4.69, 9.17) is 10.2 Å². The zero-order valence-electron chi connectivity index (χ0n) is 11.8. The molecule has 2 saturated heterocycles. The fraction of sp³-hybridized carbons (Fsp3) is 0.733. The lowest BCUT2D eigenvalue weighted by atomic mass is 9.84. The fourth-order valence-corrected chi connectivity index (χ4v) is 4.00. The maximum atomic E-state index is 6.21. The van der Waals surface area contributed by atoms with Gasteiger partial charge in [-0.15, -0.1) is 0 Å². The van der Waals surface area contributed by atoms with E-state index in [2.05, 4.69) is 16.8 Å². The number of fused-ring (bicyclic) bond motifs is 1. The van der Waals surface area contributed by atoms with Gasteiger partial charge in [-0.2, -0.15) is 0 Å². The van der Waals surface area contributed by atoms with E-state index in [-0.39, 0.29) is 5.54 Å². The molecule has 1 aromatic heterocycles. The number of hydrogen-bond donors (Lipinski definition) is 1. The predicted molar refractivity (Wildman–Crippen MR) is 75.8 cm³/mol. The molecule has 0 spiro atoms. The summed E-state index contributed by atoms with van der Waals surface area (Å²) in [5, 5.41) is 0. The molecule has 2 fully saturated rings. The van der Waals surface area contributed by atoms with E-state index < -0.39 is 0 Å². The minimum Gasteiger partial charge on any atom is -0.468 e. The molecule has 0 aromatic carbocycles. The van der Waals surface area contributed by atoms with E-state index in [1.807, 2.05) is 12.1 Å². The van der Waals surface area contributed by atoms with Crippen LogP contribution in [0.5, 0.6) is 0 Å². The molecule has 4 heteroatoms. The molecule has 2 aliphatic heterocycles. The molecule has 4 nitrogen and oxygen atoms in total. The molecule has 2 atom stereocenters. The minimum absolute atomic E-state index is 0.132. The molecule has 2 aliphatic rings. The summed E-state index contributed by atoms with van der Waals surface area (Å²) in [5.41, 5.74) is 6.34. The molecule has 19 heavy (non-hydrogen) atoms. The first-order valence-corrected chi connectivity index (χ1v) is 7.44. The summed E-state index contributed by atoms with van der Waals surface area (Å²) >= 11 is 0. The Hall–Kier alpha value is -0.840. The quantitative estimate of drug-likeness (QED) is 0.897. The van der Waals surface area contributed by atoms with Gasteiger partial charge in [0.25, 0.3) is 0 Å². The molecule has 3 rings (SSSR count). The number of piperidine rings is 1. The zero-order valence-corrected chi connectivity index (χ0v) is 11.8. The molecule has 106 valence electrons. The second-order valence-electron chi connectivity index (χ2n) is 6.04. The Kier molecular flexibility index (Phi) is 3.65. The van der Waals surface area contributed by atoms with Crippen LogP contribution in [-0.4, -0.2) is 48.1 Å². The van der Waals surface area contributed by atoms with Crippen LogP contribution < -0.4 is 5.73 Å². The van der Waals surface area contributed by atoms with Crippen molar-refractivity contribution in [1.29, 1.82) is 0 Å². The molecule has 0 amide bonds. The van der Waals surface area contributed by atoms with Gasteiger partial charge in [0.2, 0.25) is 0 Å². The van der Waals surface area contributed by atoms with Gasteiger partial charge >= 0.3 is 0 Å². The summed E-state index contributed by atoms with van der Waals surface area (Å²) in [6.45, 7) is 4.05. The highest BCUT2D eigenvalue weighted by molar-refractivity contribution is 5.09. The van der Waals surface area contributed by atoms with Gasteiger partial charge in [0.05, 0.1) is 18.3 Å². The molecule has 2 N–H and O–H groups in total. The van der Waals surface area contributed by atoms with Gasteiger partial charge in [0.15, 0.2) is 0 Å². The SMILES string of the molecule is CN(Cc1ccco1)C1(CN)CCN2CCCCC21. The summed E-state index contributed by atoms with van der Waals surface area (Å²) in [5.74, 6) is 1.03. The third-order valence-corrected chi connectivity index (χ3v) is 5.15. The third-order valence-electron chi connectivity index (χ3n) is 5.15. The number of nitrogens with zero attached hydrogens (tertiary/aromatic N) is 2. The molecule has 3 heterocycles. The van der Waals surface area contributed by atoms with Crippen molar-refractivity contribution < 1.29 is 4.42 Å². The van der Waals surface area contributed by atoms with E-state index in [0.717, 1.165) is 18.8 Å². The van der Waals surface area contributed by atoms with E-state index in [9.17, 15) is 0 Å². The summed E-state index contributed by atoms with van der Waals surface area (Å²) in [6.07, 6.45) is 6.92. The average molecular weight is 263 g/mol. The molecular formula is C15H25N3O. The molecule has 0 aliphatic carbocycles. The van der Waals surface area contributed by atoms with Crippen LogP contribution in [0.25, 0.3) is 0 Å². The smallest absolute Gasteiger partial charge is 0.117 e. The van der Waals surface area contributed by atoms with Crippen molar-refractivity contribution in [3.8, 4) is 0 Å². The number of rotatable bonds is 4. The van der Waals surface area contributed by atoms with Crippen LogP contribution in [0.3, 0.4) is 0 Å². The Morgan fingerprint density at radius 3 is 3.11 bits per heavy atom. The van der Waals surface area contributed by atoms with Crippen LogP contribution in [-0.2, 0) is 6.54 Å². The number of likely N-dealkylation sites (N-methyl/N-ethyl adjacent to an activating group) is 1. The topological polar surface area (TPSA) is 45.6 Å². The van der Waals surface area contributed by atoms with Crippen molar-refractivity contribution in [2.45, 2.75) is 43.8 Å². The maximum absolute atomic E-state index is 6.21. The Bertz CT molecular complexity index is 406. The monoisotopic (exact) mass is 263 g/mol. The molecule has 0 radical (unpaired) electrons. The highest BCUT2D eigenvalue weighted by Crippen LogP contribution is 2.38. The molecule has 1 aromatic rings. The zero-order chi connectivity index (χ0) is 13.3. The van der Waals surface area contributed by atoms with Crippen molar-refractivity contribution in [2.24, 2.45) is 5.73 Å². The van der Waals surface area contributed by atoms with Crippen LogP contribution in [0.4, 0.5) is 0 Å². The maximum Gasteiger partial charge on any atom is 0.117 e. The molecular weight excluding hydrogens is 238 g/mol. The van der Waals surface area contributed by atoms with Gasteiger partial charge in [-0.05, 0) is 45.0 Å². The second-order valence-corrected chi connectivity index (χ2v) is 6.04. The van der Waals surface area contributed by atoms with Crippen LogP contribution in [0.1, 0.15) is 31.4 Å². The van der Waals surface area contributed by atoms with Gasteiger partial charge in [0.1, 0.15) is 5.76 Å². The van der Waals surface area contributed by atoms with Crippen LogP contribution in [0.2, 0.25) is 0 Å². The lowest BCUT2D eigenvalue weighted by Gasteiger charge is -2.45. The lowest BCUT2D eigenvalue weighted by molar-refractivity contribution is 0.0469. The first kappa shape index (κ1) is 13.2. The normalized spacial score (nSPS) is 31.8. The van der Waals surface area contributed by atoms with Gasteiger partial charge in [-0.3, -0.25) is 9.80 Å². The van der Waals surface area contributed by atoms with Crippen LogP contribution in [0, 0.1) is 0 Å². The van der Waals surface area contributed by atoms with Gasteiger partial charge < -0.3 is 10.2 Å². The Balaban J connectivity index is 1.78. The van der Waals surface area contributed by atoms with Crippen molar-refractivity contribution in [1.82, 2.24) is 9.80 Å². The van der Waals surface area contributed by atoms with Gasteiger partial charge in [0, 0.05) is 19.1 Å². The van der Waals surface area contributed by atoms with Crippen molar-refractivity contribution in [2.75, 3.05) is 26.7 Å². The van der Waals surface area contributed by atoms with Crippen LogP contribution >= 0.6 is 0 Å². The third kappa shape index (κ3) is 2.22. The lowest BCUT2D eigenvalue weighted by Crippen LogP contribution is -2.60. The van der Waals surface area contributed by atoms with Gasteiger partial charge in [-0.25, -0.2) is 0 Å². The molecule has 0 saturated carbocycles. The highest BCUT2D eigenvalue weighted by atomic mass is 16.3. The second kappa shape index (κ2) is 5.27. The molecule has 2 unspecified atom stereocenters. The van der Waals surface area contributed by atoms with Crippen molar-refractivity contribution in [3.63, 3.8) is 0 Å². The average Bonchev–Trinajstić information content (AvgIpc) is 3.06. The summed E-state index contributed by atoms with van der Waals surface area (Å²) in [4.78, 5) is 5.08. The Morgan fingerprint density at radius 1 is 1.47 bits per heavy atom. The van der Waals surface area contributed by atoms with Crippen LogP contribution in [0.15, 0.2) is 22.8 Å². The Labute approximate surface area is 115 Å². The van der Waals surface area contributed by atoms with E-state index in [1.54, 1.807) is 6.26 Å². The summed E-state index contributed by atoms with van der Waals surface area (Å²) < 4.78 is 5.49. The highest BCUT2D eigenvalue weighted by Gasteiger charge is 2.49. The van der Waals surface area contributed by atoms with E-state index >= 15 is 0 Å². The summed E-state index contributed by atoms with van der Waals surface area (Å²) in [6, 6.07) is 4.64. The fourth-order valence-electron chi connectivity index (χ4n) is 4.00. The number of hydrogen-bond acceptors (Lipinski definition) is 4. The summed E-state index contributed by atoms with van der Waals surface area (Å²) in [7, 11) is 2.20. The standard InChI is InChI=1S/C15H25N3O/c1-17(11-13-5-4-10-19-13)15(12-16)7-9-18-8-3-2-6-14(15)18/h4-5,10,14H,2-3,6-9,11-12,16H2,1H3. The number of nitrogens with two attached hydrogens (primary N) is 1. The first-order valence-electron chi connectivity index (χ1n) is 7.44. The van der Waals surface area contributed by atoms with Crippen molar-refractivity contribution in [3.05, 3.63) is 24.2 Å². The van der Waals surface area contributed by atoms with E-state index in [1.165, 1.54) is 38.8 Å². The minimum atomic E-state index is 0.132. The van der Waals surface area contributed by atoms with E-state index in [0.29, 0.717) is 6.04 Å². The predicted octanol–water partition coefficient (Wildman–Crippen LogP) is 1.67. The Morgan fingerprint density at radius 2 is 2.37 bits per heavy atom. The van der Waals surface area contributed by atoms with Crippen molar-refractivity contribution >= 4 is 0 Å².